The summed E-state index contributed by atoms with van der Waals surface area (Å²) in [5.74, 6) is -0.432. The second kappa shape index (κ2) is 11.5. The van der Waals surface area contributed by atoms with Gasteiger partial charge in [-0.15, -0.1) is 0 Å². The van der Waals surface area contributed by atoms with Gasteiger partial charge in [-0.1, -0.05) is 39.8 Å². The van der Waals surface area contributed by atoms with Crippen LogP contribution in [0.2, 0.25) is 0 Å². The Morgan fingerprint density at radius 3 is 2.56 bits per heavy atom. The van der Waals surface area contributed by atoms with E-state index in [0.29, 0.717) is 31.6 Å². The SMILES string of the molecule is CC(C)CC([NH2+]O)C(=O)NC1C(=O)N2CCCC2C(=O)NC=Cc2ccc(cc2)OC1C(C)C. The van der Waals surface area contributed by atoms with E-state index in [0.717, 1.165) is 11.0 Å². The van der Waals surface area contributed by atoms with Crippen LogP contribution in [0.25, 0.3) is 6.08 Å². The van der Waals surface area contributed by atoms with Crippen molar-refractivity contribution in [2.75, 3.05) is 6.54 Å². The van der Waals surface area contributed by atoms with Crippen molar-refractivity contribution in [3.05, 3.63) is 36.0 Å². The van der Waals surface area contributed by atoms with Crippen LogP contribution in [0.5, 0.6) is 5.75 Å². The normalized spacial score (nSPS) is 24.0. The van der Waals surface area contributed by atoms with E-state index in [9.17, 15) is 19.6 Å². The maximum Gasteiger partial charge on any atom is 0.282 e. The molecule has 3 amide bonds. The molecule has 186 valence electrons. The topological polar surface area (TPSA) is 125 Å². The Morgan fingerprint density at radius 2 is 1.94 bits per heavy atom. The third-order valence-electron chi connectivity index (χ3n) is 6.28. The summed E-state index contributed by atoms with van der Waals surface area (Å²) in [4.78, 5) is 41.4. The average Bonchev–Trinajstić information content (AvgIpc) is 3.29. The van der Waals surface area contributed by atoms with Crippen LogP contribution in [-0.2, 0) is 14.4 Å². The molecule has 0 spiro atoms. The van der Waals surface area contributed by atoms with Crippen LogP contribution in [0.3, 0.4) is 0 Å². The zero-order valence-electron chi connectivity index (χ0n) is 20.4. The zero-order valence-corrected chi connectivity index (χ0v) is 20.4. The number of fused-ring (bicyclic) bond motifs is 7. The lowest BCUT2D eigenvalue weighted by molar-refractivity contribution is -0.901. The van der Waals surface area contributed by atoms with Crippen molar-refractivity contribution < 1.29 is 29.8 Å². The van der Waals surface area contributed by atoms with E-state index < -0.39 is 30.1 Å². The molecule has 1 fully saturated rings. The molecule has 5 N–H and O–H groups in total. The summed E-state index contributed by atoms with van der Waals surface area (Å²) in [7, 11) is 0. The van der Waals surface area contributed by atoms with E-state index in [1.165, 1.54) is 0 Å². The molecule has 9 heteroatoms. The van der Waals surface area contributed by atoms with E-state index in [1.54, 1.807) is 29.3 Å². The van der Waals surface area contributed by atoms with Gasteiger partial charge in [0.2, 0.25) is 11.8 Å². The smallest absolute Gasteiger partial charge is 0.282 e. The lowest BCUT2D eigenvalue weighted by Crippen LogP contribution is -2.90. The molecule has 1 aromatic carbocycles. The minimum Gasteiger partial charge on any atom is -0.487 e. The minimum atomic E-state index is -1.02. The second-order valence-electron chi connectivity index (χ2n) is 9.80. The summed E-state index contributed by atoms with van der Waals surface area (Å²) in [6, 6.07) is 4.92. The molecule has 9 nitrogen and oxygen atoms in total. The van der Waals surface area contributed by atoms with Gasteiger partial charge in [-0.2, -0.15) is 5.48 Å². The molecule has 1 saturated heterocycles. The number of hydroxylamine groups is 1. The summed E-state index contributed by atoms with van der Waals surface area (Å²) in [6.45, 7) is 8.20. The maximum absolute atomic E-state index is 13.8. The molecule has 34 heavy (non-hydrogen) atoms. The first-order chi connectivity index (χ1) is 16.2. The van der Waals surface area contributed by atoms with Crippen molar-refractivity contribution in [3.63, 3.8) is 0 Å². The van der Waals surface area contributed by atoms with Gasteiger partial charge >= 0.3 is 0 Å². The molecule has 4 atom stereocenters. The van der Waals surface area contributed by atoms with Crippen LogP contribution >= 0.6 is 0 Å². The van der Waals surface area contributed by atoms with Crippen molar-refractivity contribution >= 4 is 23.8 Å². The third kappa shape index (κ3) is 6.15. The van der Waals surface area contributed by atoms with Gasteiger partial charge in [-0.05, 0) is 48.4 Å². The van der Waals surface area contributed by atoms with Crippen molar-refractivity contribution in [3.8, 4) is 5.75 Å². The first kappa shape index (κ1) is 25.7. The quantitative estimate of drug-likeness (QED) is 0.460. The lowest BCUT2D eigenvalue weighted by Gasteiger charge is -2.35. The van der Waals surface area contributed by atoms with Crippen LogP contribution in [0.1, 0.15) is 52.5 Å². The van der Waals surface area contributed by atoms with Gasteiger partial charge in [0, 0.05) is 19.2 Å². The van der Waals surface area contributed by atoms with Crippen LogP contribution < -0.4 is 20.9 Å². The molecule has 0 saturated carbocycles. The van der Waals surface area contributed by atoms with Crippen molar-refractivity contribution in [1.29, 1.82) is 0 Å². The van der Waals surface area contributed by atoms with E-state index in [2.05, 4.69) is 10.6 Å². The highest BCUT2D eigenvalue weighted by Gasteiger charge is 2.43. The third-order valence-corrected chi connectivity index (χ3v) is 6.28. The number of carbonyl (C=O) groups excluding carboxylic acids is 3. The van der Waals surface area contributed by atoms with Gasteiger partial charge < -0.3 is 20.3 Å². The van der Waals surface area contributed by atoms with Crippen LogP contribution in [-0.4, -0.2) is 58.6 Å². The number of nitrogens with zero attached hydrogens (tertiary/aromatic N) is 1. The van der Waals surface area contributed by atoms with Crippen molar-refractivity contribution in [2.45, 2.75) is 71.2 Å². The first-order valence-corrected chi connectivity index (χ1v) is 12.0. The van der Waals surface area contributed by atoms with Crippen molar-refractivity contribution in [1.82, 2.24) is 15.5 Å². The number of ether oxygens (including phenoxy) is 1. The largest absolute Gasteiger partial charge is 0.487 e. The number of nitrogens with two attached hydrogens (primary N) is 1. The Bertz CT molecular complexity index is 899. The Morgan fingerprint density at radius 1 is 1.24 bits per heavy atom. The number of rotatable bonds is 6. The summed E-state index contributed by atoms with van der Waals surface area (Å²) < 4.78 is 6.27. The molecule has 2 bridgehead atoms. The second-order valence-corrected chi connectivity index (χ2v) is 9.80. The number of nitrogens with one attached hydrogen (secondary N) is 2. The molecule has 3 heterocycles. The summed E-state index contributed by atoms with van der Waals surface area (Å²) >= 11 is 0. The summed E-state index contributed by atoms with van der Waals surface area (Å²) in [6.07, 6.45) is 4.38. The van der Waals surface area contributed by atoms with E-state index in [-0.39, 0.29) is 23.7 Å². The Labute approximate surface area is 200 Å². The van der Waals surface area contributed by atoms with Gasteiger partial charge in [0.05, 0.1) is 0 Å². The molecule has 3 aliphatic heterocycles. The molecular weight excluding hydrogens is 436 g/mol. The summed E-state index contributed by atoms with van der Waals surface area (Å²) in [5.41, 5.74) is 1.77. The monoisotopic (exact) mass is 473 g/mol. The molecular formula is C25H37N4O5+. The molecule has 4 unspecified atom stereocenters. The number of amides is 3. The Hall–Kier alpha value is -2.91. The van der Waals surface area contributed by atoms with E-state index in [1.807, 2.05) is 39.8 Å². The molecule has 3 aliphatic rings. The maximum atomic E-state index is 13.8. The molecule has 0 aliphatic carbocycles. The lowest BCUT2D eigenvalue weighted by atomic mass is 9.96. The highest BCUT2D eigenvalue weighted by molar-refractivity contribution is 5.94. The Kier molecular flexibility index (Phi) is 8.68. The van der Waals surface area contributed by atoms with Gasteiger partial charge in [0.1, 0.15) is 23.9 Å². The van der Waals surface area contributed by atoms with Gasteiger partial charge in [0.25, 0.3) is 5.91 Å². The van der Waals surface area contributed by atoms with Crippen LogP contribution in [0.4, 0.5) is 0 Å². The Balaban J connectivity index is 2.00. The summed E-state index contributed by atoms with van der Waals surface area (Å²) in [5, 5.41) is 15.3. The predicted molar refractivity (Wildman–Crippen MR) is 126 cm³/mol. The van der Waals surface area contributed by atoms with Crippen molar-refractivity contribution in [2.24, 2.45) is 11.8 Å². The fourth-order valence-corrected chi connectivity index (χ4v) is 4.49. The number of quaternary nitrogens is 1. The fourth-order valence-electron chi connectivity index (χ4n) is 4.49. The minimum absolute atomic E-state index is 0.127. The zero-order chi connectivity index (χ0) is 24.8. The van der Waals surface area contributed by atoms with Gasteiger partial charge in [0.15, 0.2) is 6.04 Å². The van der Waals surface area contributed by atoms with Crippen LogP contribution in [0.15, 0.2) is 30.5 Å². The molecule has 1 aromatic rings. The fraction of sp³-hybridized carbons (Fsp3) is 0.560. The van der Waals surface area contributed by atoms with Gasteiger partial charge in [-0.25, -0.2) is 5.21 Å². The highest BCUT2D eigenvalue weighted by atomic mass is 16.5. The molecule has 0 aromatic heterocycles. The van der Waals surface area contributed by atoms with E-state index >= 15 is 0 Å². The number of benzene rings is 1. The first-order valence-electron chi connectivity index (χ1n) is 12.0. The van der Waals surface area contributed by atoms with Gasteiger partial charge in [-0.3, -0.25) is 14.4 Å². The highest BCUT2D eigenvalue weighted by Crippen LogP contribution is 2.25. The average molecular weight is 474 g/mol. The number of carbonyl (C=O) groups is 3. The predicted octanol–water partition coefficient (Wildman–Crippen LogP) is 1.03. The number of hydrogen-bond acceptors (Lipinski definition) is 5. The standard InChI is InChI=1S/C25H36N4O5/c1-15(2)14-19(28-33)23(30)27-21-22(16(3)4)34-18-9-7-17(8-10-18)11-12-26-24(31)20-6-5-13-29(20)25(21)32/h7-12,15-16,19-22,28,33H,5-6,13-14H2,1-4H3,(H,26,31)(H,27,30)/p+1. The van der Waals surface area contributed by atoms with E-state index in [4.69, 9.17) is 4.74 Å². The van der Waals surface area contributed by atoms with Crippen LogP contribution in [0, 0.1) is 11.8 Å². The molecule has 4 rings (SSSR count). The molecule has 0 radical (unpaired) electrons. The number of hydrogen-bond donors (Lipinski definition) is 4.